The molecule has 0 radical (unpaired) electrons. The van der Waals surface area contributed by atoms with E-state index in [0.29, 0.717) is 13.2 Å². The van der Waals surface area contributed by atoms with Crippen molar-refractivity contribution < 1.29 is 9.53 Å². The second-order valence-electron chi connectivity index (χ2n) is 7.97. The summed E-state index contributed by atoms with van der Waals surface area (Å²) in [6.45, 7) is 3.58. The lowest BCUT2D eigenvalue weighted by molar-refractivity contribution is -0.127. The van der Waals surface area contributed by atoms with Gasteiger partial charge in [0.05, 0.1) is 25.0 Å². The summed E-state index contributed by atoms with van der Waals surface area (Å²) < 4.78 is 5.96. The van der Waals surface area contributed by atoms with E-state index in [4.69, 9.17) is 4.74 Å². The quantitative estimate of drug-likeness (QED) is 0.550. The van der Waals surface area contributed by atoms with Crippen molar-refractivity contribution in [1.29, 1.82) is 0 Å². The number of carbonyl (C=O) groups is 1. The van der Waals surface area contributed by atoms with Crippen LogP contribution in [0.3, 0.4) is 0 Å². The standard InChI is InChI=1S/C23H28N6O2/c30-23(27-9-5-21-11-26-17-28-21)20-10-19(16-31-22-2-1-6-25-12-22)14-29(15-20)13-18-3-7-24-8-4-18/h1-4,6-8,11-12,17,19-20H,5,9-10,13-16H2,(H,26,28)(H,27,30)/t19-,20+/m0/s1. The van der Waals surface area contributed by atoms with Crippen LogP contribution in [0.4, 0.5) is 0 Å². The van der Waals surface area contributed by atoms with Gasteiger partial charge in [0.25, 0.3) is 0 Å². The number of hydrogen-bond acceptors (Lipinski definition) is 6. The van der Waals surface area contributed by atoms with Crippen LogP contribution in [-0.4, -0.2) is 57.0 Å². The summed E-state index contributed by atoms with van der Waals surface area (Å²) >= 11 is 0. The Balaban J connectivity index is 1.36. The molecule has 2 N–H and O–H groups in total. The molecule has 1 amide bonds. The van der Waals surface area contributed by atoms with E-state index in [2.05, 4.69) is 30.2 Å². The molecule has 4 rings (SSSR count). The largest absolute Gasteiger partial charge is 0.492 e. The molecule has 162 valence electrons. The van der Waals surface area contributed by atoms with E-state index in [0.717, 1.165) is 43.9 Å². The predicted molar refractivity (Wildman–Crippen MR) is 116 cm³/mol. The van der Waals surface area contributed by atoms with Crippen LogP contribution in [-0.2, 0) is 17.8 Å². The maximum Gasteiger partial charge on any atom is 0.224 e. The number of imidazole rings is 1. The summed E-state index contributed by atoms with van der Waals surface area (Å²) in [5, 5.41) is 3.10. The summed E-state index contributed by atoms with van der Waals surface area (Å²) in [5.74, 6) is 1.05. The molecule has 0 aliphatic carbocycles. The number of hydrogen-bond donors (Lipinski definition) is 2. The number of aromatic nitrogens is 4. The maximum absolute atomic E-state index is 12.9. The maximum atomic E-state index is 12.9. The third kappa shape index (κ3) is 6.36. The first kappa shape index (κ1) is 21.0. The summed E-state index contributed by atoms with van der Waals surface area (Å²) in [6.07, 6.45) is 12.1. The molecule has 4 heterocycles. The molecule has 3 aromatic rings. The Kier molecular flexibility index (Phi) is 7.23. The van der Waals surface area contributed by atoms with E-state index in [1.165, 1.54) is 5.56 Å². The van der Waals surface area contributed by atoms with Gasteiger partial charge in [0, 0.05) is 69.0 Å². The molecule has 0 spiro atoms. The smallest absolute Gasteiger partial charge is 0.224 e. The predicted octanol–water partition coefficient (Wildman–Crippen LogP) is 2.08. The first-order valence-electron chi connectivity index (χ1n) is 10.7. The van der Waals surface area contributed by atoms with Gasteiger partial charge in [-0.2, -0.15) is 0 Å². The summed E-state index contributed by atoms with van der Waals surface area (Å²) in [5.41, 5.74) is 2.22. The zero-order valence-corrected chi connectivity index (χ0v) is 17.5. The average Bonchev–Trinajstić information content (AvgIpc) is 3.32. The molecule has 1 aliphatic rings. The normalized spacial score (nSPS) is 19.1. The highest BCUT2D eigenvalue weighted by molar-refractivity contribution is 5.79. The Morgan fingerprint density at radius 2 is 2.03 bits per heavy atom. The Labute approximate surface area is 182 Å². The van der Waals surface area contributed by atoms with Crippen molar-refractivity contribution in [2.45, 2.75) is 19.4 Å². The molecule has 2 atom stereocenters. The average molecular weight is 421 g/mol. The van der Waals surface area contributed by atoms with Gasteiger partial charge in [-0.15, -0.1) is 0 Å². The third-order valence-electron chi connectivity index (χ3n) is 5.51. The summed E-state index contributed by atoms with van der Waals surface area (Å²) in [6, 6.07) is 7.82. The first-order chi connectivity index (χ1) is 15.3. The molecular weight excluding hydrogens is 392 g/mol. The van der Waals surface area contributed by atoms with Gasteiger partial charge in [-0.3, -0.25) is 19.7 Å². The summed E-state index contributed by atoms with van der Waals surface area (Å²) in [4.78, 5) is 30.6. The van der Waals surface area contributed by atoms with Crippen molar-refractivity contribution in [3.8, 4) is 5.75 Å². The van der Waals surface area contributed by atoms with Crippen molar-refractivity contribution in [3.05, 3.63) is 72.8 Å². The van der Waals surface area contributed by atoms with Crippen LogP contribution in [0.25, 0.3) is 0 Å². The van der Waals surface area contributed by atoms with Crippen LogP contribution < -0.4 is 10.1 Å². The highest BCUT2D eigenvalue weighted by Crippen LogP contribution is 2.25. The highest BCUT2D eigenvalue weighted by Gasteiger charge is 2.32. The fourth-order valence-corrected chi connectivity index (χ4v) is 4.02. The molecule has 1 saturated heterocycles. The van der Waals surface area contributed by atoms with E-state index in [1.807, 2.05) is 36.7 Å². The Hall–Kier alpha value is -3.26. The number of nitrogens with one attached hydrogen (secondary N) is 2. The molecule has 0 bridgehead atoms. The van der Waals surface area contributed by atoms with Crippen molar-refractivity contribution in [1.82, 2.24) is 30.2 Å². The fraction of sp³-hybridized carbons (Fsp3) is 0.391. The van der Waals surface area contributed by atoms with Crippen LogP contribution in [0.15, 0.2) is 61.6 Å². The number of amides is 1. The lowest BCUT2D eigenvalue weighted by Crippen LogP contribution is -2.47. The molecule has 8 nitrogen and oxygen atoms in total. The van der Waals surface area contributed by atoms with Gasteiger partial charge in [-0.05, 0) is 36.2 Å². The van der Waals surface area contributed by atoms with Crippen LogP contribution in [0.5, 0.6) is 5.75 Å². The minimum atomic E-state index is -0.0696. The lowest BCUT2D eigenvalue weighted by Gasteiger charge is -2.37. The second kappa shape index (κ2) is 10.7. The van der Waals surface area contributed by atoms with E-state index < -0.39 is 0 Å². The first-order valence-corrected chi connectivity index (χ1v) is 10.7. The number of rotatable bonds is 9. The number of aromatic amines is 1. The molecule has 1 fully saturated rings. The van der Waals surface area contributed by atoms with Crippen LogP contribution >= 0.6 is 0 Å². The minimum Gasteiger partial charge on any atom is -0.492 e. The number of ether oxygens (including phenoxy) is 1. The zero-order chi connectivity index (χ0) is 21.3. The van der Waals surface area contributed by atoms with Crippen molar-refractivity contribution in [2.24, 2.45) is 11.8 Å². The lowest BCUT2D eigenvalue weighted by atomic mass is 9.88. The molecule has 0 saturated carbocycles. The van der Waals surface area contributed by atoms with Crippen LogP contribution in [0.1, 0.15) is 17.7 Å². The Morgan fingerprint density at radius 3 is 2.81 bits per heavy atom. The van der Waals surface area contributed by atoms with Gasteiger partial charge in [-0.25, -0.2) is 4.98 Å². The number of likely N-dealkylation sites (tertiary alicyclic amines) is 1. The van der Waals surface area contributed by atoms with E-state index >= 15 is 0 Å². The van der Waals surface area contributed by atoms with Crippen molar-refractivity contribution in [3.63, 3.8) is 0 Å². The number of nitrogens with zero attached hydrogens (tertiary/aromatic N) is 4. The Morgan fingerprint density at radius 1 is 1.13 bits per heavy atom. The SMILES string of the molecule is O=C(NCCc1cnc[nH]1)[C@@H]1C[C@H](COc2cccnc2)CN(Cc2ccncc2)C1. The number of carbonyl (C=O) groups excluding carboxylic acids is 1. The topological polar surface area (TPSA) is 96.0 Å². The van der Waals surface area contributed by atoms with E-state index in [1.54, 1.807) is 24.9 Å². The molecule has 0 unspecified atom stereocenters. The number of piperidine rings is 1. The van der Waals surface area contributed by atoms with Gasteiger partial charge in [-0.1, -0.05) is 0 Å². The van der Waals surface area contributed by atoms with E-state index in [9.17, 15) is 4.79 Å². The third-order valence-corrected chi connectivity index (χ3v) is 5.51. The fourth-order valence-electron chi connectivity index (χ4n) is 4.02. The second-order valence-corrected chi connectivity index (χ2v) is 7.97. The molecule has 8 heteroatoms. The van der Waals surface area contributed by atoms with E-state index in [-0.39, 0.29) is 17.7 Å². The monoisotopic (exact) mass is 420 g/mol. The molecule has 31 heavy (non-hydrogen) atoms. The number of pyridine rings is 2. The van der Waals surface area contributed by atoms with Gasteiger partial charge in [0.1, 0.15) is 5.75 Å². The molecule has 1 aliphatic heterocycles. The van der Waals surface area contributed by atoms with Gasteiger partial charge in [0.15, 0.2) is 0 Å². The Bertz CT molecular complexity index is 920. The zero-order valence-electron chi connectivity index (χ0n) is 17.5. The minimum absolute atomic E-state index is 0.0696. The van der Waals surface area contributed by atoms with Gasteiger partial charge in [0.2, 0.25) is 5.91 Å². The molecular formula is C23H28N6O2. The van der Waals surface area contributed by atoms with Gasteiger partial charge < -0.3 is 15.0 Å². The van der Waals surface area contributed by atoms with Gasteiger partial charge >= 0.3 is 0 Å². The van der Waals surface area contributed by atoms with Crippen LogP contribution in [0, 0.1) is 11.8 Å². The molecule has 3 aromatic heterocycles. The highest BCUT2D eigenvalue weighted by atomic mass is 16.5. The number of H-pyrrole nitrogens is 1. The molecule has 0 aromatic carbocycles. The van der Waals surface area contributed by atoms with Crippen molar-refractivity contribution in [2.75, 3.05) is 26.2 Å². The van der Waals surface area contributed by atoms with Crippen LogP contribution in [0.2, 0.25) is 0 Å². The van der Waals surface area contributed by atoms with Crippen molar-refractivity contribution >= 4 is 5.91 Å². The summed E-state index contributed by atoms with van der Waals surface area (Å²) in [7, 11) is 0.